The van der Waals surface area contributed by atoms with Gasteiger partial charge >= 0.3 is 0 Å². The summed E-state index contributed by atoms with van der Waals surface area (Å²) >= 11 is 0. The topological polar surface area (TPSA) is 70.3 Å². The van der Waals surface area contributed by atoms with Crippen LogP contribution in [-0.4, -0.2) is 16.8 Å². The Labute approximate surface area is 98.2 Å². The standard InChI is InChI=1S/C12H11N3O2/c13-6-9-12(15-4-3-14-9)8-1-2-10-11(5-8)17-7-16-10/h1-5H,6-7,13H2. The van der Waals surface area contributed by atoms with E-state index in [-0.39, 0.29) is 6.79 Å². The van der Waals surface area contributed by atoms with E-state index in [0.717, 1.165) is 28.5 Å². The van der Waals surface area contributed by atoms with Gasteiger partial charge in [0.2, 0.25) is 6.79 Å². The third-order valence-electron chi connectivity index (χ3n) is 2.61. The molecule has 0 atom stereocenters. The van der Waals surface area contributed by atoms with Gasteiger partial charge in [0.05, 0.1) is 11.4 Å². The summed E-state index contributed by atoms with van der Waals surface area (Å²) in [5, 5.41) is 0. The van der Waals surface area contributed by atoms with Gasteiger partial charge in [-0.1, -0.05) is 0 Å². The molecule has 86 valence electrons. The smallest absolute Gasteiger partial charge is 0.231 e. The summed E-state index contributed by atoms with van der Waals surface area (Å²) in [7, 11) is 0. The van der Waals surface area contributed by atoms with E-state index in [1.165, 1.54) is 0 Å². The summed E-state index contributed by atoms with van der Waals surface area (Å²) in [6.45, 7) is 0.626. The number of fused-ring (bicyclic) bond motifs is 1. The third kappa shape index (κ3) is 1.70. The molecule has 17 heavy (non-hydrogen) atoms. The molecule has 0 saturated carbocycles. The van der Waals surface area contributed by atoms with Gasteiger partial charge in [-0.15, -0.1) is 0 Å². The second-order valence-corrected chi connectivity index (χ2v) is 3.62. The molecule has 0 aliphatic carbocycles. The molecule has 2 heterocycles. The van der Waals surface area contributed by atoms with Crippen LogP contribution in [0.2, 0.25) is 0 Å². The van der Waals surface area contributed by atoms with Crippen molar-refractivity contribution in [1.82, 2.24) is 9.97 Å². The SMILES string of the molecule is NCc1nccnc1-c1ccc2c(c1)OCO2. The van der Waals surface area contributed by atoms with Crippen molar-refractivity contribution in [3.8, 4) is 22.8 Å². The average Bonchev–Trinajstić information content (AvgIpc) is 2.85. The van der Waals surface area contributed by atoms with Crippen LogP contribution < -0.4 is 15.2 Å². The Morgan fingerprint density at radius 1 is 1.12 bits per heavy atom. The molecule has 0 radical (unpaired) electrons. The quantitative estimate of drug-likeness (QED) is 0.841. The van der Waals surface area contributed by atoms with Crippen molar-refractivity contribution in [3.63, 3.8) is 0 Å². The molecular formula is C12H11N3O2. The minimum atomic E-state index is 0.267. The zero-order valence-corrected chi connectivity index (χ0v) is 9.09. The van der Waals surface area contributed by atoms with Crippen LogP contribution in [0.25, 0.3) is 11.3 Å². The van der Waals surface area contributed by atoms with Crippen molar-refractivity contribution in [2.75, 3.05) is 6.79 Å². The van der Waals surface area contributed by atoms with E-state index in [1.54, 1.807) is 12.4 Å². The highest BCUT2D eigenvalue weighted by atomic mass is 16.7. The minimum Gasteiger partial charge on any atom is -0.454 e. The van der Waals surface area contributed by atoms with Gasteiger partial charge in [-0.2, -0.15) is 0 Å². The molecule has 0 spiro atoms. The Balaban J connectivity index is 2.09. The minimum absolute atomic E-state index is 0.267. The van der Waals surface area contributed by atoms with E-state index in [9.17, 15) is 0 Å². The Hall–Kier alpha value is -2.14. The largest absolute Gasteiger partial charge is 0.454 e. The summed E-state index contributed by atoms with van der Waals surface area (Å²) in [5.41, 5.74) is 8.13. The first kappa shape index (κ1) is 10.0. The van der Waals surface area contributed by atoms with Gasteiger partial charge in [0.1, 0.15) is 0 Å². The second kappa shape index (κ2) is 4.03. The lowest BCUT2D eigenvalue weighted by atomic mass is 10.1. The summed E-state index contributed by atoms with van der Waals surface area (Å²) < 4.78 is 10.6. The van der Waals surface area contributed by atoms with Crippen LogP contribution >= 0.6 is 0 Å². The highest BCUT2D eigenvalue weighted by Crippen LogP contribution is 2.35. The van der Waals surface area contributed by atoms with Gasteiger partial charge in [0, 0.05) is 24.5 Å². The second-order valence-electron chi connectivity index (χ2n) is 3.62. The molecule has 0 bridgehead atoms. The monoisotopic (exact) mass is 229 g/mol. The maximum Gasteiger partial charge on any atom is 0.231 e. The molecule has 1 aromatic heterocycles. The molecule has 1 aromatic carbocycles. The lowest BCUT2D eigenvalue weighted by Gasteiger charge is -2.06. The van der Waals surface area contributed by atoms with Gasteiger partial charge in [0.25, 0.3) is 0 Å². The van der Waals surface area contributed by atoms with Crippen LogP contribution in [0.4, 0.5) is 0 Å². The number of hydrogen-bond acceptors (Lipinski definition) is 5. The number of nitrogens with two attached hydrogens (primary N) is 1. The van der Waals surface area contributed by atoms with Crippen molar-refractivity contribution in [1.29, 1.82) is 0 Å². The summed E-state index contributed by atoms with van der Waals surface area (Å²) in [5.74, 6) is 1.49. The van der Waals surface area contributed by atoms with Gasteiger partial charge in [0.15, 0.2) is 11.5 Å². The number of nitrogens with zero attached hydrogens (tertiary/aromatic N) is 2. The van der Waals surface area contributed by atoms with Crippen LogP contribution in [-0.2, 0) is 6.54 Å². The lowest BCUT2D eigenvalue weighted by molar-refractivity contribution is 0.174. The van der Waals surface area contributed by atoms with E-state index in [0.29, 0.717) is 6.54 Å². The zero-order valence-electron chi connectivity index (χ0n) is 9.09. The van der Waals surface area contributed by atoms with E-state index in [2.05, 4.69) is 9.97 Å². The molecule has 0 amide bonds. The van der Waals surface area contributed by atoms with Crippen molar-refractivity contribution in [3.05, 3.63) is 36.3 Å². The Bertz CT molecular complexity index is 557. The summed E-state index contributed by atoms with van der Waals surface area (Å²) in [6.07, 6.45) is 3.29. The van der Waals surface area contributed by atoms with Crippen molar-refractivity contribution < 1.29 is 9.47 Å². The molecule has 0 fully saturated rings. The predicted molar refractivity (Wildman–Crippen MR) is 61.5 cm³/mol. The fourth-order valence-corrected chi connectivity index (χ4v) is 1.80. The normalized spacial score (nSPS) is 12.8. The summed E-state index contributed by atoms with van der Waals surface area (Å²) in [4.78, 5) is 8.51. The molecule has 3 rings (SSSR count). The Morgan fingerprint density at radius 2 is 1.94 bits per heavy atom. The van der Waals surface area contributed by atoms with Crippen LogP contribution in [0, 0.1) is 0 Å². The molecule has 0 saturated heterocycles. The van der Waals surface area contributed by atoms with Crippen molar-refractivity contribution in [2.24, 2.45) is 5.73 Å². The molecular weight excluding hydrogens is 218 g/mol. The number of ether oxygens (including phenoxy) is 2. The maximum atomic E-state index is 5.64. The number of aromatic nitrogens is 2. The number of benzene rings is 1. The Morgan fingerprint density at radius 3 is 2.82 bits per heavy atom. The van der Waals surface area contributed by atoms with Gasteiger partial charge < -0.3 is 15.2 Å². The maximum absolute atomic E-state index is 5.64. The zero-order chi connectivity index (χ0) is 11.7. The molecule has 0 unspecified atom stereocenters. The van der Waals surface area contributed by atoms with Crippen LogP contribution in [0.3, 0.4) is 0 Å². The first-order valence-corrected chi connectivity index (χ1v) is 5.28. The van der Waals surface area contributed by atoms with Crippen LogP contribution in [0.5, 0.6) is 11.5 Å². The van der Waals surface area contributed by atoms with Crippen LogP contribution in [0.1, 0.15) is 5.69 Å². The first-order valence-electron chi connectivity index (χ1n) is 5.28. The van der Waals surface area contributed by atoms with E-state index < -0.39 is 0 Å². The van der Waals surface area contributed by atoms with Gasteiger partial charge in [-0.3, -0.25) is 9.97 Å². The molecule has 2 aromatic rings. The van der Waals surface area contributed by atoms with Gasteiger partial charge in [-0.25, -0.2) is 0 Å². The van der Waals surface area contributed by atoms with Crippen molar-refractivity contribution in [2.45, 2.75) is 6.54 Å². The van der Waals surface area contributed by atoms with Crippen LogP contribution in [0.15, 0.2) is 30.6 Å². The van der Waals surface area contributed by atoms with Crippen molar-refractivity contribution >= 4 is 0 Å². The number of rotatable bonds is 2. The Kier molecular flexibility index (Phi) is 2.38. The summed E-state index contributed by atoms with van der Waals surface area (Å²) in [6, 6.07) is 5.69. The molecule has 5 heteroatoms. The highest BCUT2D eigenvalue weighted by Gasteiger charge is 2.15. The lowest BCUT2D eigenvalue weighted by Crippen LogP contribution is -2.03. The number of hydrogen-bond donors (Lipinski definition) is 1. The van der Waals surface area contributed by atoms with E-state index in [1.807, 2.05) is 18.2 Å². The predicted octanol–water partition coefficient (Wildman–Crippen LogP) is 1.33. The molecule has 5 nitrogen and oxygen atoms in total. The third-order valence-corrected chi connectivity index (χ3v) is 2.61. The first-order chi connectivity index (χ1) is 8.38. The molecule has 1 aliphatic heterocycles. The fraction of sp³-hybridized carbons (Fsp3) is 0.167. The van der Waals surface area contributed by atoms with Gasteiger partial charge in [-0.05, 0) is 18.2 Å². The highest BCUT2D eigenvalue weighted by molar-refractivity contribution is 5.66. The average molecular weight is 229 g/mol. The van der Waals surface area contributed by atoms with E-state index in [4.69, 9.17) is 15.2 Å². The molecule has 2 N–H and O–H groups in total. The van der Waals surface area contributed by atoms with E-state index >= 15 is 0 Å². The molecule has 1 aliphatic rings. The fourth-order valence-electron chi connectivity index (χ4n) is 1.80.